The Morgan fingerprint density at radius 1 is 1.48 bits per heavy atom. The van der Waals surface area contributed by atoms with Crippen LogP contribution in [-0.4, -0.2) is 37.5 Å². The second kappa shape index (κ2) is 7.08. The van der Waals surface area contributed by atoms with Crippen molar-refractivity contribution in [3.8, 4) is 0 Å². The van der Waals surface area contributed by atoms with E-state index in [1.807, 2.05) is 0 Å². The molecule has 0 unspecified atom stereocenters. The first-order valence-corrected chi connectivity index (χ1v) is 6.71. The van der Waals surface area contributed by atoms with Gasteiger partial charge in [0.1, 0.15) is 0 Å². The predicted octanol–water partition coefficient (Wildman–Crippen LogP) is 3.20. The molecule has 1 aromatic rings. The Labute approximate surface area is 145 Å². The van der Waals surface area contributed by atoms with Gasteiger partial charge in [-0.1, -0.05) is 29.7 Å². The molecule has 3 heteroatoms. The number of rotatable bonds is 5. The molecule has 1 aliphatic rings. The second-order valence-corrected chi connectivity index (χ2v) is 4.88. The number of nitrogens with zero attached hydrogens (tertiary/aromatic N) is 1. The molecule has 0 N–H and O–H groups in total. The minimum atomic E-state index is -3.23. The van der Waals surface area contributed by atoms with Crippen LogP contribution in [0.15, 0.2) is 24.2 Å². The van der Waals surface area contributed by atoms with Crippen molar-refractivity contribution in [1.82, 2.24) is 4.90 Å². The SMILES string of the molecule is [2H]c1c([2H])c(C)c([2H])c(CC2(CC(=O)OCC)C([2H])([2H])C([2H])([2H])N(C)C([2H])([2H])C2([2H])[2H])c1[2H]. The third kappa shape index (κ3) is 4.57. The lowest BCUT2D eigenvalue weighted by Gasteiger charge is -2.40. The molecule has 0 bridgehead atoms. The van der Waals surface area contributed by atoms with Crippen molar-refractivity contribution in [3.63, 3.8) is 0 Å². The molecule has 0 saturated carbocycles. The molecule has 116 valence electrons. The van der Waals surface area contributed by atoms with Crippen molar-refractivity contribution in [2.45, 2.75) is 39.4 Å². The highest BCUT2D eigenvalue weighted by molar-refractivity contribution is 5.70. The third-order valence-corrected chi connectivity index (χ3v) is 2.96. The van der Waals surface area contributed by atoms with Crippen LogP contribution in [0.1, 0.15) is 53.7 Å². The molecule has 1 fully saturated rings. The van der Waals surface area contributed by atoms with Gasteiger partial charge in [-0.05, 0) is 64.0 Å². The summed E-state index contributed by atoms with van der Waals surface area (Å²) in [6, 6.07) is -2.11. The Bertz CT molecular complexity index is 905. The van der Waals surface area contributed by atoms with E-state index in [9.17, 15) is 4.79 Å². The molecule has 0 atom stereocenters. The summed E-state index contributed by atoms with van der Waals surface area (Å²) in [5.41, 5.74) is -3.18. The standard InChI is InChI=1S/C18H27NO2/c1-4-21-17(20)14-18(8-10-19(3)11-9-18)13-16-7-5-6-15(2)12-16/h5-7,12H,4,8-11,13-14H2,1-3H3/i5D,6D,7D,8D2,9D2,10D2,11D2,12D. The van der Waals surface area contributed by atoms with Gasteiger partial charge in [0, 0.05) is 11.0 Å². The van der Waals surface area contributed by atoms with Crippen LogP contribution in [0.5, 0.6) is 0 Å². The molecule has 21 heavy (non-hydrogen) atoms. The first kappa shape index (κ1) is 6.41. The average Bonchev–Trinajstić information content (AvgIpc) is 2.71. The highest BCUT2D eigenvalue weighted by Gasteiger charge is 2.36. The molecule has 0 spiro atoms. The second-order valence-electron chi connectivity index (χ2n) is 4.88. The van der Waals surface area contributed by atoms with Crippen LogP contribution >= 0.6 is 0 Å². The highest BCUT2D eigenvalue weighted by Crippen LogP contribution is 2.38. The molecule has 1 saturated heterocycles. The van der Waals surface area contributed by atoms with E-state index >= 15 is 0 Å². The molecule has 0 aliphatic carbocycles. The summed E-state index contributed by atoms with van der Waals surface area (Å²) in [4.78, 5) is 12.9. The van der Waals surface area contributed by atoms with Gasteiger partial charge >= 0.3 is 5.97 Å². The fourth-order valence-corrected chi connectivity index (χ4v) is 2.02. The summed E-state index contributed by atoms with van der Waals surface area (Å²) in [6.07, 6.45) is -8.48. The largest absolute Gasteiger partial charge is 0.466 e. The minimum absolute atomic E-state index is 0.0302. The Kier molecular flexibility index (Phi) is 2.16. The zero-order valence-corrected chi connectivity index (χ0v) is 12.4. The fraction of sp³-hybridized carbons (Fsp3) is 0.611. The zero-order valence-electron chi connectivity index (χ0n) is 24.4. The number of hydrogen-bond donors (Lipinski definition) is 0. The number of likely N-dealkylation sites (tertiary alicyclic amines) is 1. The number of carbonyl (C=O) groups is 1. The fourth-order valence-electron chi connectivity index (χ4n) is 2.02. The summed E-state index contributed by atoms with van der Waals surface area (Å²) < 4.78 is 106. The Morgan fingerprint density at radius 3 is 2.86 bits per heavy atom. The van der Waals surface area contributed by atoms with Gasteiger partial charge in [-0.25, -0.2) is 0 Å². The van der Waals surface area contributed by atoms with E-state index in [-0.39, 0.29) is 17.7 Å². The molecular formula is C18H27NO2. The van der Waals surface area contributed by atoms with E-state index in [2.05, 4.69) is 0 Å². The number of benzene rings is 1. The van der Waals surface area contributed by atoms with Gasteiger partial charge in [-0.2, -0.15) is 0 Å². The topological polar surface area (TPSA) is 29.5 Å². The molecule has 0 amide bonds. The van der Waals surface area contributed by atoms with Crippen molar-refractivity contribution in [1.29, 1.82) is 0 Å². The van der Waals surface area contributed by atoms with Crippen LogP contribution in [0, 0.1) is 12.3 Å². The van der Waals surface area contributed by atoms with E-state index in [1.54, 1.807) is 0 Å². The molecule has 0 radical (unpaired) electrons. The van der Waals surface area contributed by atoms with E-state index in [1.165, 1.54) is 13.8 Å². The zero-order chi connectivity index (χ0) is 25.9. The van der Waals surface area contributed by atoms with E-state index < -0.39 is 74.1 Å². The maximum Gasteiger partial charge on any atom is 0.306 e. The van der Waals surface area contributed by atoms with Gasteiger partial charge in [-0.3, -0.25) is 4.79 Å². The Balaban J connectivity index is 2.98. The van der Waals surface area contributed by atoms with Crippen molar-refractivity contribution in [3.05, 3.63) is 35.3 Å². The van der Waals surface area contributed by atoms with Crippen LogP contribution in [0.3, 0.4) is 0 Å². The van der Waals surface area contributed by atoms with E-state index in [0.717, 1.165) is 7.05 Å². The minimum Gasteiger partial charge on any atom is -0.466 e. The average molecular weight is 301 g/mol. The van der Waals surface area contributed by atoms with Gasteiger partial charge in [0.25, 0.3) is 0 Å². The molecule has 3 nitrogen and oxygen atoms in total. The smallest absolute Gasteiger partial charge is 0.306 e. The van der Waals surface area contributed by atoms with Crippen molar-refractivity contribution in [2.75, 3.05) is 26.6 Å². The quantitative estimate of drug-likeness (QED) is 0.782. The summed E-state index contributed by atoms with van der Waals surface area (Å²) >= 11 is 0. The van der Waals surface area contributed by atoms with Crippen LogP contribution in [0.4, 0.5) is 0 Å². The lowest BCUT2D eigenvalue weighted by atomic mass is 9.71. The molecular weight excluding hydrogens is 262 g/mol. The number of piperidine rings is 1. The maximum atomic E-state index is 12.6. The number of esters is 1. The molecule has 0 aromatic heterocycles. The lowest BCUT2D eigenvalue weighted by molar-refractivity contribution is -0.146. The molecule has 1 aliphatic heterocycles. The molecule has 1 heterocycles. The number of carbonyl (C=O) groups excluding carboxylic acids is 1. The molecule has 1 aromatic carbocycles. The van der Waals surface area contributed by atoms with Crippen LogP contribution < -0.4 is 0 Å². The first-order valence-electron chi connectivity index (χ1n) is 12.7. The van der Waals surface area contributed by atoms with Crippen LogP contribution in [0.25, 0.3) is 0 Å². The van der Waals surface area contributed by atoms with Crippen molar-refractivity contribution < 1.29 is 26.0 Å². The summed E-state index contributed by atoms with van der Waals surface area (Å²) in [5, 5.41) is 0. The van der Waals surface area contributed by atoms with Gasteiger partial charge in [0.05, 0.1) is 18.5 Å². The summed E-state index contributed by atoms with van der Waals surface area (Å²) in [6.45, 7) is -3.58. The van der Waals surface area contributed by atoms with Crippen LogP contribution in [0.2, 0.25) is 0 Å². The van der Waals surface area contributed by atoms with Crippen LogP contribution in [-0.2, 0) is 16.0 Å². The summed E-state index contributed by atoms with van der Waals surface area (Å²) in [5.74, 6) is -1.10. The Morgan fingerprint density at radius 2 is 2.19 bits per heavy atom. The van der Waals surface area contributed by atoms with Gasteiger partial charge in [0.2, 0.25) is 0 Å². The van der Waals surface area contributed by atoms with Crippen molar-refractivity contribution in [2.24, 2.45) is 5.41 Å². The normalized spacial score (nSPS) is 36.3. The van der Waals surface area contributed by atoms with Gasteiger partial charge in [-0.15, -0.1) is 0 Å². The molecule has 2 rings (SSSR count). The first-order chi connectivity index (χ1) is 14.8. The van der Waals surface area contributed by atoms with Crippen molar-refractivity contribution >= 4 is 5.97 Å². The predicted molar refractivity (Wildman–Crippen MR) is 85.3 cm³/mol. The maximum absolute atomic E-state index is 12.6. The lowest BCUT2D eigenvalue weighted by Crippen LogP contribution is -2.40. The van der Waals surface area contributed by atoms with E-state index in [4.69, 9.17) is 21.2 Å². The monoisotopic (exact) mass is 301 g/mol. The number of ether oxygens (including phenoxy) is 1. The van der Waals surface area contributed by atoms with Gasteiger partial charge < -0.3 is 9.64 Å². The Hall–Kier alpha value is -1.35. The summed E-state index contributed by atoms with van der Waals surface area (Å²) in [7, 11) is 0.900. The van der Waals surface area contributed by atoms with E-state index in [0.29, 0.717) is 4.90 Å². The highest BCUT2D eigenvalue weighted by atomic mass is 16.5. The van der Waals surface area contributed by atoms with Gasteiger partial charge in [0.15, 0.2) is 0 Å². The number of hydrogen-bond acceptors (Lipinski definition) is 3. The third-order valence-electron chi connectivity index (χ3n) is 2.96.